The van der Waals surface area contributed by atoms with E-state index in [0.29, 0.717) is 11.1 Å². The molecule has 7 heteroatoms. The van der Waals surface area contributed by atoms with Crippen molar-refractivity contribution in [1.82, 2.24) is 9.88 Å². The first-order chi connectivity index (χ1) is 13.8. The lowest BCUT2D eigenvalue weighted by Gasteiger charge is -2.21. The predicted molar refractivity (Wildman–Crippen MR) is 112 cm³/mol. The van der Waals surface area contributed by atoms with Crippen LogP contribution in [0.5, 0.6) is 5.75 Å². The number of carbonyl (C=O) groups is 2. The van der Waals surface area contributed by atoms with Gasteiger partial charge in [0.05, 0.1) is 11.9 Å². The van der Waals surface area contributed by atoms with Gasteiger partial charge in [-0.2, -0.15) is 0 Å². The molecule has 0 radical (unpaired) electrons. The molecule has 1 heterocycles. The number of amides is 2. The highest BCUT2D eigenvalue weighted by Crippen LogP contribution is 2.30. The van der Waals surface area contributed by atoms with Gasteiger partial charge in [-0.3, -0.25) is 14.4 Å². The van der Waals surface area contributed by atoms with Crippen LogP contribution in [0.1, 0.15) is 12.5 Å². The number of rotatable bonds is 6. The maximum absolute atomic E-state index is 12.4. The SMILES string of the molecule is Cc1ccccc1-c1c[nH]c(=O)c2cc(O[C@H](C)C(=O)N(C)CC(N)=O)ccc12. The zero-order valence-electron chi connectivity index (χ0n) is 16.6. The Kier molecular flexibility index (Phi) is 5.68. The van der Waals surface area contributed by atoms with Crippen molar-refractivity contribution in [3.8, 4) is 16.9 Å². The summed E-state index contributed by atoms with van der Waals surface area (Å²) in [5, 5.41) is 1.26. The van der Waals surface area contributed by atoms with Crippen molar-refractivity contribution in [2.24, 2.45) is 5.73 Å². The van der Waals surface area contributed by atoms with Crippen molar-refractivity contribution < 1.29 is 14.3 Å². The second kappa shape index (κ2) is 8.18. The molecule has 1 atom stereocenters. The molecule has 2 aromatic carbocycles. The molecule has 7 nitrogen and oxygen atoms in total. The van der Waals surface area contributed by atoms with Crippen LogP contribution in [-0.4, -0.2) is 41.4 Å². The van der Waals surface area contributed by atoms with Crippen LogP contribution in [0.25, 0.3) is 21.9 Å². The molecule has 29 heavy (non-hydrogen) atoms. The monoisotopic (exact) mass is 393 g/mol. The number of aromatic nitrogens is 1. The standard InChI is InChI=1S/C22H23N3O4/c1-13-6-4-5-7-16(13)19-11-24-21(27)18-10-15(8-9-17(18)19)29-14(2)22(28)25(3)12-20(23)26/h4-11,14H,12H2,1-3H3,(H2,23,26)(H,24,27)/t14-/m1/s1. The van der Waals surface area contributed by atoms with Gasteiger partial charge in [-0.15, -0.1) is 0 Å². The zero-order chi connectivity index (χ0) is 21.1. The van der Waals surface area contributed by atoms with Gasteiger partial charge >= 0.3 is 0 Å². The molecule has 0 aliphatic carbocycles. The molecule has 0 saturated heterocycles. The maximum atomic E-state index is 12.4. The van der Waals surface area contributed by atoms with Crippen LogP contribution in [0, 0.1) is 6.92 Å². The second-order valence-electron chi connectivity index (χ2n) is 6.97. The fourth-order valence-electron chi connectivity index (χ4n) is 3.29. The largest absolute Gasteiger partial charge is 0.481 e. The van der Waals surface area contributed by atoms with E-state index in [-0.39, 0.29) is 18.0 Å². The fourth-order valence-corrected chi connectivity index (χ4v) is 3.29. The van der Waals surface area contributed by atoms with Crippen LogP contribution in [0.3, 0.4) is 0 Å². The van der Waals surface area contributed by atoms with Gasteiger partial charge in [-0.1, -0.05) is 24.3 Å². The van der Waals surface area contributed by atoms with Gasteiger partial charge in [0.1, 0.15) is 5.75 Å². The van der Waals surface area contributed by atoms with Crippen molar-refractivity contribution in [1.29, 1.82) is 0 Å². The number of pyridine rings is 1. The molecule has 2 amide bonds. The Morgan fingerprint density at radius 3 is 2.55 bits per heavy atom. The summed E-state index contributed by atoms with van der Waals surface area (Å²) in [5.41, 5.74) is 7.91. The Hall–Kier alpha value is -3.61. The van der Waals surface area contributed by atoms with Crippen LogP contribution >= 0.6 is 0 Å². The molecule has 0 aliphatic rings. The van der Waals surface area contributed by atoms with E-state index < -0.39 is 12.0 Å². The number of aromatic amines is 1. The Bertz CT molecular complexity index is 1140. The topological polar surface area (TPSA) is 105 Å². The number of nitrogens with one attached hydrogen (secondary N) is 1. The van der Waals surface area contributed by atoms with E-state index in [4.69, 9.17) is 10.5 Å². The van der Waals surface area contributed by atoms with Gasteiger partial charge in [-0.25, -0.2) is 0 Å². The molecule has 0 bridgehead atoms. The summed E-state index contributed by atoms with van der Waals surface area (Å²) < 4.78 is 5.72. The lowest BCUT2D eigenvalue weighted by atomic mass is 9.97. The number of hydrogen-bond donors (Lipinski definition) is 2. The number of ether oxygens (including phenoxy) is 1. The Morgan fingerprint density at radius 2 is 1.86 bits per heavy atom. The van der Waals surface area contributed by atoms with Crippen molar-refractivity contribution >= 4 is 22.6 Å². The highest BCUT2D eigenvalue weighted by Gasteiger charge is 2.21. The summed E-state index contributed by atoms with van der Waals surface area (Å²) in [6.45, 7) is 3.40. The third-order valence-electron chi connectivity index (χ3n) is 4.74. The molecule has 1 aromatic heterocycles. The molecule has 0 aliphatic heterocycles. The van der Waals surface area contributed by atoms with E-state index in [0.717, 1.165) is 22.1 Å². The van der Waals surface area contributed by atoms with E-state index in [2.05, 4.69) is 4.98 Å². The van der Waals surface area contributed by atoms with Gasteiger partial charge < -0.3 is 20.4 Å². The Morgan fingerprint density at radius 1 is 1.14 bits per heavy atom. The minimum atomic E-state index is -0.838. The fraction of sp³-hybridized carbons (Fsp3) is 0.227. The van der Waals surface area contributed by atoms with Crippen LogP contribution in [0.4, 0.5) is 0 Å². The molecule has 0 saturated carbocycles. The number of hydrogen-bond acceptors (Lipinski definition) is 4. The van der Waals surface area contributed by atoms with Crippen molar-refractivity contribution in [2.45, 2.75) is 20.0 Å². The minimum Gasteiger partial charge on any atom is -0.481 e. The van der Waals surface area contributed by atoms with Crippen molar-refractivity contribution in [3.63, 3.8) is 0 Å². The van der Waals surface area contributed by atoms with Crippen molar-refractivity contribution in [2.75, 3.05) is 13.6 Å². The molecule has 0 spiro atoms. The van der Waals surface area contributed by atoms with E-state index in [1.807, 2.05) is 37.3 Å². The number of nitrogens with zero attached hydrogens (tertiary/aromatic N) is 1. The first kappa shape index (κ1) is 20.1. The molecule has 0 unspecified atom stereocenters. The highest BCUT2D eigenvalue weighted by molar-refractivity contribution is 5.97. The molecule has 3 rings (SSSR count). The van der Waals surface area contributed by atoms with Crippen molar-refractivity contribution in [3.05, 3.63) is 64.6 Å². The Labute approximate surface area is 168 Å². The smallest absolute Gasteiger partial charge is 0.263 e. The highest BCUT2D eigenvalue weighted by atomic mass is 16.5. The van der Waals surface area contributed by atoms with Gasteiger partial charge in [0, 0.05) is 18.8 Å². The maximum Gasteiger partial charge on any atom is 0.263 e. The number of benzene rings is 2. The number of carbonyl (C=O) groups excluding carboxylic acids is 2. The summed E-state index contributed by atoms with van der Waals surface area (Å²) in [7, 11) is 1.48. The first-order valence-electron chi connectivity index (χ1n) is 9.19. The quantitative estimate of drug-likeness (QED) is 0.670. The van der Waals surface area contributed by atoms with E-state index in [9.17, 15) is 14.4 Å². The summed E-state index contributed by atoms with van der Waals surface area (Å²) in [6.07, 6.45) is 0.869. The summed E-state index contributed by atoms with van der Waals surface area (Å²) >= 11 is 0. The average molecular weight is 393 g/mol. The van der Waals surface area contributed by atoms with Crippen LogP contribution < -0.4 is 16.0 Å². The number of nitrogens with two attached hydrogens (primary N) is 1. The van der Waals surface area contributed by atoms with Crippen LogP contribution in [-0.2, 0) is 9.59 Å². The molecule has 0 fully saturated rings. The van der Waals surface area contributed by atoms with Crippen LogP contribution in [0.15, 0.2) is 53.5 Å². The summed E-state index contributed by atoms with van der Waals surface area (Å²) in [6, 6.07) is 13.1. The number of primary amides is 1. The number of aryl methyl sites for hydroxylation is 1. The van der Waals surface area contributed by atoms with E-state index in [1.54, 1.807) is 25.3 Å². The lowest BCUT2D eigenvalue weighted by Crippen LogP contribution is -2.42. The Balaban J connectivity index is 1.94. The number of fused-ring (bicyclic) bond motifs is 1. The van der Waals surface area contributed by atoms with Gasteiger partial charge in [0.15, 0.2) is 6.10 Å². The zero-order valence-corrected chi connectivity index (χ0v) is 16.6. The first-order valence-corrected chi connectivity index (χ1v) is 9.19. The summed E-state index contributed by atoms with van der Waals surface area (Å²) in [5.74, 6) is -0.598. The number of likely N-dealkylation sites (N-methyl/N-ethyl adjacent to an activating group) is 1. The van der Waals surface area contributed by atoms with Crippen LogP contribution in [0.2, 0.25) is 0 Å². The lowest BCUT2D eigenvalue weighted by molar-refractivity contribution is -0.139. The molecule has 150 valence electrons. The van der Waals surface area contributed by atoms with Gasteiger partial charge in [-0.05, 0) is 48.6 Å². The molecular formula is C22H23N3O4. The molecule has 3 aromatic rings. The molecule has 3 N–H and O–H groups in total. The summed E-state index contributed by atoms with van der Waals surface area (Å²) in [4.78, 5) is 39.7. The number of H-pyrrole nitrogens is 1. The normalized spacial score (nSPS) is 11.8. The predicted octanol–water partition coefficient (Wildman–Crippen LogP) is 2.21. The van der Waals surface area contributed by atoms with Gasteiger partial charge in [0.25, 0.3) is 11.5 Å². The van der Waals surface area contributed by atoms with Gasteiger partial charge in [0.2, 0.25) is 5.91 Å². The minimum absolute atomic E-state index is 0.191. The van der Waals surface area contributed by atoms with E-state index >= 15 is 0 Å². The second-order valence-corrected chi connectivity index (χ2v) is 6.97. The molecular weight excluding hydrogens is 370 g/mol. The third kappa shape index (κ3) is 4.29. The average Bonchev–Trinajstić information content (AvgIpc) is 2.68. The third-order valence-corrected chi connectivity index (χ3v) is 4.74. The van der Waals surface area contributed by atoms with E-state index in [1.165, 1.54) is 11.9 Å².